The maximum Gasteiger partial charge on any atom is 0.420 e. The van der Waals surface area contributed by atoms with Gasteiger partial charge in [-0.15, -0.1) is 0 Å². The first-order chi connectivity index (χ1) is 11.9. The van der Waals surface area contributed by atoms with Gasteiger partial charge in [-0.1, -0.05) is 0 Å². The molecule has 0 fully saturated rings. The zero-order valence-corrected chi connectivity index (χ0v) is 14.6. The molecule has 1 amide bonds. The maximum absolute atomic E-state index is 12.8. The molecule has 0 spiro atoms. The summed E-state index contributed by atoms with van der Waals surface area (Å²) in [6.45, 7) is 5.46. The molecule has 0 aliphatic carbocycles. The lowest BCUT2D eigenvalue weighted by atomic mass is 10.1. The number of anilines is 1. The number of carbonyl (C=O) groups excluding carboxylic acids is 1. The Hall–Kier alpha value is -3.02. The second-order valence-corrected chi connectivity index (χ2v) is 6.49. The molecule has 2 aromatic rings. The van der Waals surface area contributed by atoms with Gasteiger partial charge in [-0.05, 0) is 57.2 Å². The quantitative estimate of drug-likeness (QED) is 0.819. The highest BCUT2D eigenvalue weighted by molar-refractivity contribution is 6.03. The van der Waals surface area contributed by atoms with Gasteiger partial charge in [-0.3, -0.25) is 0 Å². The largest absolute Gasteiger partial charge is 0.497 e. The van der Waals surface area contributed by atoms with Gasteiger partial charge in [0, 0.05) is 11.8 Å². The van der Waals surface area contributed by atoms with Crippen molar-refractivity contribution < 1.29 is 19.0 Å². The van der Waals surface area contributed by atoms with Gasteiger partial charge < -0.3 is 14.2 Å². The van der Waals surface area contributed by atoms with E-state index < -0.39 is 11.7 Å². The average Bonchev–Trinajstić information content (AvgIpc) is 2.59. The molecule has 0 N–H and O–H groups in total. The van der Waals surface area contributed by atoms with Crippen LogP contribution in [-0.4, -0.2) is 23.8 Å². The molecule has 6 nitrogen and oxygen atoms in total. The molecule has 0 unspecified atom stereocenters. The fraction of sp³-hybridized carbons (Fsp3) is 0.263. The number of amides is 1. The molecule has 0 radical (unpaired) electrons. The van der Waals surface area contributed by atoms with Gasteiger partial charge in [-0.25, -0.2) is 14.7 Å². The molecule has 3 rings (SSSR count). The SMILES string of the molecule is COc1ccc(C2=COc3cccnc3N2C(=O)OC(C)(C)C)cc1. The number of ether oxygens (including phenoxy) is 3. The summed E-state index contributed by atoms with van der Waals surface area (Å²) in [5.74, 6) is 1.61. The number of nitrogens with zero attached hydrogens (tertiary/aromatic N) is 2. The van der Waals surface area contributed by atoms with Crippen LogP contribution in [0.5, 0.6) is 11.5 Å². The summed E-state index contributed by atoms with van der Waals surface area (Å²) in [4.78, 5) is 18.5. The fourth-order valence-corrected chi connectivity index (χ4v) is 2.38. The lowest BCUT2D eigenvalue weighted by molar-refractivity contribution is 0.0597. The van der Waals surface area contributed by atoms with Gasteiger partial charge in [0.15, 0.2) is 11.6 Å². The second kappa shape index (κ2) is 6.47. The summed E-state index contributed by atoms with van der Waals surface area (Å²) >= 11 is 0. The minimum atomic E-state index is -0.630. The highest BCUT2D eigenvalue weighted by atomic mass is 16.6. The van der Waals surface area contributed by atoms with Gasteiger partial charge in [0.25, 0.3) is 0 Å². The highest BCUT2D eigenvalue weighted by Crippen LogP contribution is 2.37. The molecule has 0 saturated carbocycles. The lowest BCUT2D eigenvalue weighted by Crippen LogP contribution is -2.37. The summed E-state index contributed by atoms with van der Waals surface area (Å²) < 4.78 is 16.4. The normalized spacial score (nSPS) is 13.4. The topological polar surface area (TPSA) is 60.9 Å². The number of aromatic nitrogens is 1. The summed E-state index contributed by atoms with van der Waals surface area (Å²) in [6, 6.07) is 10.8. The Labute approximate surface area is 146 Å². The van der Waals surface area contributed by atoms with E-state index in [2.05, 4.69) is 4.98 Å². The second-order valence-electron chi connectivity index (χ2n) is 6.49. The van der Waals surface area contributed by atoms with Crippen LogP contribution in [0.1, 0.15) is 26.3 Å². The monoisotopic (exact) mass is 340 g/mol. The van der Waals surface area contributed by atoms with Crippen LogP contribution in [0.15, 0.2) is 48.9 Å². The van der Waals surface area contributed by atoms with Gasteiger partial charge in [-0.2, -0.15) is 0 Å². The van der Waals surface area contributed by atoms with Gasteiger partial charge in [0.2, 0.25) is 0 Å². The Morgan fingerprint density at radius 1 is 1.16 bits per heavy atom. The molecule has 1 aliphatic heterocycles. The predicted molar refractivity (Wildman–Crippen MR) is 94.5 cm³/mol. The maximum atomic E-state index is 12.8. The predicted octanol–water partition coefficient (Wildman–Crippen LogP) is 4.22. The first-order valence-electron chi connectivity index (χ1n) is 7.88. The molecule has 25 heavy (non-hydrogen) atoms. The Bertz CT molecular complexity index is 807. The van der Waals surface area contributed by atoms with Crippen LogP contribution in [0.2, 0.25) is 0 Å². The molecule has 0 saturated heterocycles. The number of rotatable bonds is 2. The number of methoxy groups -OCH3 is 1. The van der Waals surface area contributed by atoms with E-state index in [4.69, 9.17) is 14.2 Å². The summed E-state index contributed by atoms with van der Waals surface area (Å²) in [7, 11) is 1.60. The number of hydrogen-bond donors (Lipinski definition) is 0. The number of fused-ring (bicyclic) bond motifs is 1. The molecule has 0 atom stereocenters. The van der Waals surface area contributed by atoms with Crippen LogP contribution in [0.4, 0.5) is 10.6 Å². The molecule has 2 heterocycles. The van der Waals surface area contributed by atoms with Crippen molar-refractivity contribution in [2.45, 2.75) is 26.4 Å². The standard InChI is InChI=1S/C19H20N2O4/c1-19(2,3)25-18(22)21-15(13-7-9-14(23-4)10-8-13)12-24-16-6-5-11-20-17(16)21/h5-12H,1-4H3. The molecular weight excluding hydrogens is 320 g/mol. The van der Waals surface area contributed by atoms with E-state index in [-0.39, 0.29) is 0 Å². The van der Waals surface area contributed by atoms with Gasteiger partial charge >= 0.3 is 6.09 Å². The molecule has 1 aromatic heterocycles. The third kappa shape index (κ3) is 3.57. The molecule has 130 valence electrons. The van der Waals surface area contributed by atoms with Crippen LogP contribution in [0.25, 0.3) is 5.70 Å². The summed E-state index contributed by atoms with van der Waals surface area (Å²) in [6.07, 6.45) is 2.62. The van der Waals surface area contributed by atoms with Gasteiger partial charge in [0.05, 0.1) is 12.8 Å². The van der Waals surface area contributed by atoms with Crippen LogP contribution < -0.4 is 14.4 Å². The third-order valence-electron chi connectivity index (χ3n) is 3.46. The Balaban J connectivity index is 2.03. The van der Waals surface area contributed by atoms with Gasteiger partial charge in [0.1, 0.15) is 17.6 Å². The van der Waals surface area contributed by atoms with Crippen molar-refractivity contribution in [3.63, 3.8) is 0 Å². The lowest BCUT2D eigenvalue weighted by Gasteiger charge is -2.31. The first-order valence-corrected chi connectivity index (χ1v) is 7.88. The number of pyridine rings is 1. The van der Waals surface area contributed by atoms with Crippen molar-refractivity contribution in [2.24, 2.45) is 0 Å². The zero-order valence-electron chi connectivity index (χ0n) is 14.6. The molecule has 0 bridgehead atoms. The van der Waals surface area contributed by atoms with E-state index in [0.717, 1.165) is 11.3 Å². The first kappa shape index (κ1) is 16.8. The van der Waals surface area contributed by atoms with Crippen molar-refractivity contribution in [3.05, 3.63) is 54.4 Å². The third-order valence-corrected chi connectivity index (χ3v) is 3.46. The van der Waals surface area contributed by atoms with Crippen LogP contribution in [0.3, 0.4) is 0 Å². The fourth-order valence-electron chi connectivity index (χ4n) is 2.38. The Morgan fingerprint density at radius 3 is 2.52 bits per heavy atom. The number of hydrogen-bond acceptors (Lipinski definition) is 5. The van der Waals surface area contributed by atoms with E-state index in [9.17, 15) is 4.79 Å². The Kier molecular flexibility index (Phi) is 4.35. The average molecular weight is 340 g/mol. The van der Waals surface area contributed by atoms with E-state index >= 15 is 0 Å². The number of carbonyl (C=O) groups is 1. The van der Waals surface area contributed by atoms with E-state index in [1.165, 1.54) is 11.2 Å². The van der Waals surface area contributed by atoms with Crippen LogP contribution >= 0.6 is 0 Å². The number of benzene rings is 1. The molecule has 1 aliphatic rings. The summed E-state index contributed by atoms with van der Waals surface area (Å²) in [5.41, 5.74) is 0.695. The summed E-state index contributed by atoms with van der Waals surface area (Å²) in [5, 5.41) is 0. The van der Waals surface area contributed by atoms with E-state index in [0.29, 0.717) is 17.3 Å². The molecule has 6 heteroatoms. The van der Waals surface area contributed by atoms with Crippen LogP contribution in [0, 0.1) is 0 Å². The smallest absolute Gasteiger partial charge is 0.420 e. The van der Waals surface area contributed by atoms with Crippen molar-refractivity contribution in [1.82, 2.24) is 4.98 Å². The van der Waals surface area contributed by atoms with E-state index in [1.807, 2.05) is 45.0 Å². The van der Waals surface area contributed by atoms with Crippen molar-refractivity contribution in [2.75, 3.05) is 12.0 Å². The zero-order chi connectivity index (χ0) is 18.0. The van der Waals surface area contributed by atoms with Crippen molar-refractivity contribution in [3.8, 4) is 11.5 Å². The van der Waals surface area contributed by atoms with Crippen molar-refractivity contribution >= 4 is 17.6 Å². The van der Waals surface area contributed by atoms with Crippen LogP contribution in [-0.2, 0) is 4.74 Å². The Morgan fingerprint density at radius 2 is 1.88 bits per heavy atom. The molecular formula is C19H20N2O4. The van der Waals surface area contributed by atoms with Crippen molar-refractivity contribution in [1.29, 1.82) is 0 Å². The van der Waals surface area contributed by atoms with E-state index in [1.54, 1.807) is 25.4 Å². The molecule has 1 aromatic carbocycles. The highest BCUT2D eigenvalue weighted by Gasteiger charge is 2.33. The minimum absolute atomic E-state index is 0.394. The minimum Gasteiger partial charge on any atom is -0.497 e.